The van der Waals surface area contributed by atoms with E-state index in [2.05, 4.69) is 31.7 Å². The van der Waals surface area contributed by atoms with Crippen molar-refractivity contribution >= 4 is 33.4 Å². The first-order valence-corrected chi connectivity index (χ1v) is 10.2. The van der Waals surface area contributed by atoms with Crippen molar-refractivity contribution in [1.29, 1.82) is 0 Å². The molecule has 146 valence electrons. The summed E-state index contributed by atoms with van der Waals surface area (Å²) in [6.45, 7) is 1.62. The van der Waals surface area contributed by atoms with Gasteiger partial charge in [0.15, 0.2) is 5.76 Å². The molecule has 0 spiro atoms. The maximum atomic E-state index is 12.8. The summed E-state index contributed by atoms with van der Waals surface area (Å²) in [7, 11) is 1.84. The molecule has 1 fully saturated rings. The highest BCUT2D eigenvalue weighted by Crippen LogP contribution is 2.30. The van der Waals surface area contributed by atoms with Crippen molar-refractivity contribution in [2.24, 2.45) is 7.05 Å². The average Bonchev–Trinajstić information content (AvgIpc) is 3.29. The minimum absolute atomic E-state index is 0.0283. The van der Waals surface area contributed by atoms with Crippen LogP contribution in [0.2, 0.25) is 5.02 Å². The molecule has 1 amide bonds. The smallest absolute Gasteiger partial charge is 0.287 e. The fraction of sp³-hybridized carbons (Fsp3) is 0.300. The molecule has 0 unspecified atom stereocenters. The van der Waals surface area contributed by atoms with Gasteiger partial charge < -0.3 is 15.1 Å². The molecule has 3 heterocycles. The predicted octanol–water partition coefficient (Wildman–Crippen LogP) is 3.97. The zero-order chi connectivity index (χ0) is 19.7. The van der Waals surface area contributed by atoms with E-state index in [4.69, 9.17) is 16.0 Å². The Balaban J connectivity index is 1.51. The number of rotatable bonds is 4. The van der Waals surface area contributed by atoms with Crippen LogP contribution in [0.25, 0.3) is 11.3 Å². The number of piperidine rings is 1. The lowest BCUT2D eigenvalue weighted by atomic mass is 9.86. The summed E-state index contributed by atoms with van der Waals surface area (Å²) in [5.74, 6) is 0.281. The largest absolute Gasteiger partial charge is 0.458 e. The van der Waals surface area contributed by atoms with Crippen LogP contribution in [0.4, 0.5) is 0 Å². The Labute approximate surface area is 176 Å². The van der Waals surface area contributed by atoms with E-state index in [0.29, 0.717) is 11.6 Å². The van der Waals surface area contributed by atoms with Crippen molar-refractivity contribution in [1.82, 2.24) is 20.4 Å². The summed E-state index contributed by atoms with van der Waals surface area (Å²) in [6.07, 6.45) is 4.23. The van der Waals surface area contributed by atoms with E-state index in [0.717, 1.165) is 28.7 Å². The van der Waals surface area contributed by atoms with Crippen LogP contribution in [0, 0.1) is 0 Å². The molecule has 0 aliphatic carbocycles. The molecule has 3 aromatic rings. The van der Waals surface area contributed by atoms with E-state index in [1.807, 2.05) is 31.3 Å². The van der Waals surface area contributed by atoms with Gasteiger partial charge in [0.05, 0.1) is 16.4 Å². The Hall–Kier alpha value is -2.09. The van der Waals surface area contributed by atoms with Gasteiger partial charge in [0, 0.05) is 36.1 Å². The summed E-state index contributed by atoms with van der Waals surface area (Å²) in [5, 5.41) is 11.4. The zero-order valence-corrected chi connectivity index (χ0v) is 17.6. The van der Waals surface area contributed by atoms with Gasteiger partial charge in [-0.2, -0.15) is 5.10 Å². The lowest BCUT2D eigenvalue weighted by Crippen LogP contribution is -2.49. The molecule has 8 heteroatoms. The summed E-state index contributed by atoms with van der Waals surface area (Å²) < 4.78 is 8.13. The SMILES string of the molecule is Cn1ncc(Br)c1-c1coc(C(=O)N[C@H]2CNCC[C@@H]2c2ccc(Cl)cc2)c1. The van der Waals surface area contributed by atoms with Crippen LogP contribution < -0.4 is 10.6 Å². The first-order chi connectivity index (χ1) is 13.5. The topological polar surface area (TPSA) is 72.1 Å². The van der Waals surface area contributed by atoms with Crippen LogP contribution in [0.5, 0.6) is 0 Å². The van der Waals surface area contributed by atoms with E-state index < -0.39 is 0 Å². The lowest BCUT2D eigenvalue weighted by molar-refractivity contribution is 0.0896. The molecule has 1 saturated heterocycles. The lowest BCUT2D eigenvalue weighted by Gasteiger charge is -2.33. The van der Waals surface area contributed by atoms with Gasteiger partial charge in [0.2, 0.25) is 0 Å². The highest BCUT2D eigenvalue weighted by molar-refractivity contribution is 9.10. The molecular formula is C20H20BrClN4O2. The number of amides is 1. The standard InChI is InChI=1S/C20H20BrClN4O2/c1-26-19(16(21)9-24-26)13-8-18(28-11-13)20(27)25-17-10-23-7-6-15(17)12-2-4-14(22)5-3-12/h2-5,8-9,11,15,17,23H,6-7,10H2,1H3,(H,25,27)/t15-,17+/m1/s1. The number of aromatic nitrogens is 2. The Morgan fingerprint density at radius 3 is 2.89 bits per heavy atom. The second kappa shape index (κ2) is 8.11. The van der Waals surface area contributed by atoms with Gasteiger partial charge >= 0.3 is 0 Å². The maximum Gasteiger partial charge on any atom is 0.287 e. The van der Waals surface area contributed by atoms with Gasteiger partial charge in [0.1, 0.15) is 6.26 Å². The highest BCUT2D eigenvalue weighted by Gasteiger charge is 2.29. The Morgan fingerprint density at radius 2 is 2.18 bits per heavy atom. The molecule has 0 radical (unpaired) electrons. The summed E-state index contributed by atoms with van der Waals surface area (Å²) in [4.78, 5) is 12.8. The maximum absolute atomic E-state index is 12.8. The second-order valence-corrected chi connectivity index (χ2v) is 8.19. The fourth-order valence-corrected chi connectivity index (χ4v) is 4.38. The monoisotopic (exact) mass is 462 g/mol. The first kappa shape index (κ1) is 19.2. The molecule has 1 aliphatic heterocycles. The van der Waals surface area contributed by atoms with E-state index in [9.17, 15) is 4.79 Å². The van der Waals surface area contributed by atoms with Crippen LogP contribution in [0.1, 0.15) is 28.5 Å². The molecule has 6 nitrogen and oxygen atoms in total. The summed E-state index contributed by atoms with van der Waals surface area (Å²) in [5.41, 5.74) is 2.84. The fourth-order valence-electron chi connectivity index (χ4n) is 3.67. The molecule has 0 saturated carbocycles. The number of nitrogens with one attached hydrogen (secondary N) is 2. The summed E-state index contributed by atoms with van der Waals surface area (Å²) in [6, 6.07) is 9.56. The number of aryl methyl sites for hydroxylation is 1. The van der Waals surface area contributed by atoms with E-state index in [-0.39, 0.29) is 23.6 Å². The quantitative estimate of drug-likeness (QED) is 0.614. The number of benzene rings is 1. The highest BCUT2D eigenvalue weighted by atomic mass is 79.9. The number of carbonyl (C=O) groups excluding carboxylic acids is 1. The van der Waals surface area contributed by atoms with E-state index in [1.54, 1.807) is 23.2 Å². The number of hydrogen-bond donors (Lipinski definition) is 2. The van der Waals surface area contributed by atoms with E-state index in [1.165, 1.54) is 5.56 Å². The van der Waals surface area contributed by atoms with Gasteiger partial charge in [-0.25, -0.2) is 0 Å². The molecule has 4 rings (SSSR count). The van der Waals surface area contributed by atoms with Crippen molar-refractivity contribution < 1.29 is 9.21 Å². The molecule has 28 heavy (non-hydrogen) atoms. The summed E-state index contributed by atoms with van der Waals surface area (Å²) >= 11 is 9.49. The van der Waals surface area contributed by atoms with Crippen molar-refractivity contribution in [3.63, 3.8) is 0 Å². The number of nitrogens with zero attached hydrogens (tertiary/aromatic N) is 2. The van der Waals surface area contributed by atoms with Gasteiger partial charge in [-0.3, -0.25) is 9.48 Å². The predicted molar refractivity (Wildman–Crippen MR) is 112 cm³/mol. The normalized spacial score (nSPS) is 19.5. The van der Waals surface area contributed by atoms with Crippen LogP contribution in [0.15, 0.2) is 51.7 Å². The van der Waals surface area contributed by atoms with Gasteiger partial charge in [-0.05, 0) is 52.7 Å². The van der Waals surface area contributed by atoms with Gasteiger partial charge in [0.25, 0.3) is 5.91 Å². The third kappa shape index (κ3) is 3.87. The third-order valence-corrected chi connectivity index (χ3v) is 5.92. The molecule has 0 bridgehead atoms. The number of hydrogen-bond acceptors (Lipinski definition) is 4. The first-order valence-electron chi connectivity index (χ1n) is 9.06. The zero-order valence-electron chi connectivity index (χ0n) is 15.3. The van der Waals surface area contributed by atoms with Crippen molar-refractivity contribution in [2.45, 2.75) is 18.4 Å². The minimum atomic E-state index is -0.225. The Morgan fingerprint density at radius 1 is 1.39 bits per heavy atom. The second-order valence-electron chi connectivity index (χ2n) is 6.90. The Kier molecular flexibility index (Phi) is 5.57. The van der Waals surface area contributed by atoms with E-state index >= 15 is 0 Å². The van der Waals surface area contributed by atoms with Crippen LogP contribution in [-0.4, -0.2) is 34.8 Å². The Bertz CT molecular complexity index is 963. The minimum Gasteiger partial charge on any atom is -0.458 e. The van der Waals surface area contributed by atoms with Crippen LogP contribution in [0.3, 0.4) is 0 Å². The van der Waals surface area contributed by atoms with Crippen molar-refractivity contribution in [3.05, 3.63) is 63.6 Å². The number of halogens is 2. The molecule has 2 aromatic heterocycles. The molecule has 1 aliphatic rings. The van der Waals surface area contributed by atoms with Crippen molar-refractivity contribution in [3.8, 4) is 11.3 Å². The van der Waals surface area contributed by atoms with Crippen LogP contribution in [-0.2, 0) is 7.05 Å². The molecule has 2 atom stereocenters. The number of carbonyl (C=O) groups is 1. The number of furan rings is 1. The van der Waals surface area contributed by atoms with Crippen LogP contribution >= 0.6 is 27.5 Å². The van der Waals surface area contributed by atoms with Gasteiger partial charge in [-0.15, -0.1) is 0 Å². The third-order valence-electron chi connectivity index (χ3n) is 5.09. The average molecular weight is 464 g/mol. The van der Waals surface area contributed by atoms with Crippen molar-refractivity contribution in [2.75, 3.05) is 13.1 Å². The molecular weight excluding hydrogens is 444 g/mol. The molecule has 2 N–H and O–H groups in total. The molecule has 1 aromatic carbocycles. The van der Waals surface area contributed by atoms with Gasteiger partial charge in [-0.1, -0.05) is 23.7 Å².